The summed E-state index contributed by atoms with van der Waals surface area (Å²) >= 11 is 0. The van der Waals surface area contributed by atoms with Crippen LogP contribution in [0.15, 0.2) is 48.9 Å². The third-order valence-corrected chi connectivity index (χ3v) is 2.22. The molecule has 71 valence electrons. The summed E-state index contributed by atoms with van der Waals surface area (Å²) in [6.07, 6.45) is 5.62. The first-order valence-electron chi connectivity index (χ1n) is 4.70. The molecule has 0 aliphatic heterocycles. The molecule has 0 amide bonds. The van der Waals surface area contributed by atoms with E-state index in [-0.39, 0.29) is 0 Å². The predicted molar refractivity (Wildman–Crippen MR) is 57.3 cm³/mol. The van der Waals surface area contributed by atoms with E-state index in [4.69, 9.17) is 0 Å². The van der Waals surface area contributed by atoms with Crippen LogP contribution < -0.4 is 0 Å². The second kappa shape index (κ2) is 3.20. The SMILES string of the molecule is [c]1ccccc1-c1cn2cccnc2n1. The van der Waals surface area contributed by atoms with E-state index < -0.39 is 0 Å². The quantitative estimate of drug-likeness (QED) is 0.594. The molecule has 3 rings (SSSR count). The minimum atomic E-state index is 0.713. The van der Waals surface area contributed by atoms with Crippen LogP contribution in [0.2, 0.25) is 0 Å². The monoisotopic (exact) mass is 194 g/mol. The number of rotatable bonds is 1. The number of hydrogen-bond donors (Lipinski definition) is 0. The maximum Gasteiger partial charge on any atom is 0.234 e. The van der Waals surface area contributed by atoms with Gasteiger partial charge in [0.15, 0.2) is 0 Å². The zero-order valence-corrected chi connectivity index (χ0v) is 7.96. The van der Waals surface area contributed by atoms with Gasteiger partial charge in [0.2, 0.25) is 5.78 Å². The Morgan fingerprint density at radius 2 is 2.20 bits per heavy atom. The topological polar surface area (TPSA) is 30.2 Å². The van der Waals surface area contributed by atoms with E-state index in [2.05, 4.69) is 16.0 Å². The average Bonchev–Trinajstić information content (AvgIpc) is 2.74. The van der Waals surface area contributed by atoms with Crippen LogP contribution in [0, 0.1) is 6.07 Å². The van der Waals surface area contributed by atoms with Crippen molar-refractivity contribution in [1.82, 2.24) is 14.4 Å². The third kappa shape index (κ3) is 1.38. The van der Waals surface area contributed by atoms with Gasteiger partial charge in [0.1, 0.15) is 0 Å². The molecule has 0 fully saturated rings. The van der Waals surface area contributed by atoms with Crippen molar-refractivity contribution in [3.8, 4) is 11.3 Å². The molecule has 0 atom stereocenters. The molecule has 0 N–H and O–H groups in total. The fourth-order valence-electron chi connectivity index (χ4n) is 1.51. The standard InChI is InChI=1S/C12H8N3/c1-2-5-10(6-3-1)11-9-15-8-4-7-13-12(15)14-11/h1-5,7-9H. The first kappa shape index (κ1) is 8.17. The summed E-state index contributed by atoms with van der Waals surface area (Å²) in [5, 5.41) is 0. The first-order valence-corrected chi connectivity index (χ1v) is 4.70. The molecule has 3 nitrogen and oxygen atoms in total. The summed E-state index contributed by atoms with van der Waals surface area (Å²) in [5.41, 5.74) is 1.89. The molecule has 0 aliphatic rings. The molecule has 0 aliphatic carbocycles. The van der Waals surface area contributed by atoms with Gasteiger partial charge in [0.05, 0.1) is 5.69 Å². The second-order valence-corrected chi connectivity index (χ2v) is 3.23. The van der Waals surface area contributed by atoms with E-state index in [1.54, 1.807) is 6.20 Å². The lowest BCUT2D eigenvalue weighted by molar-refractivity contribution is 1.11. The largest absolute Gasteiger partial charge is 0.291 e. The van der Waals surface area contributed by atoms with E-state index in [1.807, 2.05) is 47.1 Å². The maximum absolute atomic E-state index is 4.40. The molecule has 0 bridgehead atoms. The van der Waals surface area contributed by atoms with Gasteiger partial charge in [-0.25, -0.2) is 9.97 Å². The maximum atomic E-state index is 4.40. The summed E-state index contributed by atoms with van der Waals surface area (Å²) in [7, 11) is 0. The van der Waals surface area contributed by atoms with Crippen molar-refractivity contribution in [3.05, 3.63) is 55.0 Å². The minimum Gasteiger partial charge on any atom is -0.291 e. The number of aromatic nitrogens is 3. The Labute approximate surface area is 87.0 Å². The van der Waals surface area contributed by atoms with Crippen molar-refractivity contribution < 1.29 is 0 Å². The number of benzene rings is 1. The summed E-state index contributed by atoms with van der Waals surface area (Å²) in [6, 6.07) is 12.8. The first-order chi connectivity index (χ1) is 7.43. The molecule has 2 heterocycles. The second-order valence-electron chi connectivity index (χ2n) is 3.23. The van der Waals surface area contributed by atoms with Crippen molar-refractivity contribution in [1.29, 1.82) is 0 Å². The van der Waals surface area contributed by atoms with Gasteiger partial charge in [-0.2, -0.15) is 0 Å². The van der Waals surface area contributed by atoms with Gasteiger partial charge in [-0.05, 0) is 12.1 Å². The van der Waals surface area contributed by atoms with Crippen LogP contribution in [-0.2, 0) is 0 Å². The van der Waals surface area contributed by atoms with Gasteiger partial charge < -0.3 is 0 Å². The third-order valence-electron chi connectivity index (χ3n) is 2.22. The van der Waals surface area contributed by atoms with E-state index >= 15 is 0 Å². The van der Waals surface area contributed by atoms with Crippen LogP contribution in [-0.4, -0.2) is 14.4 Å². The van der Waals surface area contributed by atoms with Gasteiger partial charge in [-0.15, -0.1) is 0 Å². The van der Waals surface area contributed by atoms with E-state index in [1.165, 1.54) is 0 Å². The predicted octanol–water partition coefficient (Wildman–Crippen LogP) is 2.20. The van der Waals surface area contributed by atoms with Crippen molar-refractivity contribution in [2.75, 3.05) is 0 Å². The van der Waals surface area contributed by atoms with Gasteiger partial charge >= 0.3 is 0 Å². The van der Waals surface area contributed by atoms with Crippen LogP contribution in [0.3, 0.4) is 0 Å². The number of hydrogen-bond acceptors (Lipinski definition) is 2. The molecule has 0 saturated carbocycles. The van der Waals surface area contributed by atoms with Crippen LogP contribution in [0.1, 0.15) is 0 Å². The molecule has 0 saturated heterocycles. The highest BCUT2D eigenvalue weighted by Crippen LogP contribution is 2.16. The molecular weight excluding hydrogens is 186 g/mol. The Morgan fingerprint density at radius 1 is 1.20 bits per heavy atom. The van der Waals surface area contributed by atoms with Crippen LogP contribution in [0.5, 0.6) is 0 Å². The molecule has 15 heavy (non-hydrogen) atoms. The highest BCUT2D eigenvalue weighted by atomic mass is 15.1. The van der Waals surface area contributed by atoms with Crippen molar-refractivity contribution in [2.45, 2.75) is 0 Å². The lowest BCUT2D eigenvalue weighted by atomic mass is 10.2. The molecule has 3 heteroatoms. The molecule has 0 spiro atoms. The lowest BCUT2D eigenvalue weighted by Gasteiger charge is -1.91. The smallest absolute Gasteiger partial charge is 0.234 e. The minimum absolute atomic E-state index is 0.713. The van der Waals surface area contributed by atoms with Gasteiger partial charge in [0, 0.05) is 24.2 Å². The fraction of sp³-hybridized carbons (Fsp3) is 0. The number of nitrogens with zero attached hydrogens (tertiary/aromatic N) is 3. The Morgan fingerprint density at radius 3 is 3.00 bits per heavy atom. The molecule has 3 aromatic rings. The summed E-state index contributed by atoms with van der Waals surface area (Å²) in [4.78, 5) is 8.57. The summed E-state index contributed by atoms with van der Waals surface area (Å²) in [5.74, 6) is 0.713. The molecule has 2 aromatic heterocycles. The van der Waals surface area contributed by atoms with Gasteiger partial charge in [0.25, 0.3) is 0 Å². The van der Waals surface area contributed by atoms with Crippen LogP contribution >= 0.6 is 0 Å². The zero-order chi connectivity index (χ0) is 10.1. The number of fused-ring (bicyclic) bond motifs is 1. The Hall–Kier alpha value is -2.16. The van der Waals surface area contributed by atoms with E-state index in [9.17, 15) is 0 Å². The normalized spacial score (nSPS) is 10.7. The van der Waals surface area contributed by atoms with Crippen molar-refractivity contribution >= 4 is 5.78 Å². The zero-order valence-electron chi connectivity index (χ0n) is 7.96. The highest BCUT2D eigenvalue weighted by molar-refractivity contribution is 5.60. The Balaban J connectivity index is 2.21. The average molecular weight is 194 g/mol. The summed E-state index contributed by atoms with van der Waals surface area (Å²) < 4.78 is 1.90. The van der Waals surface area contributed by atoms with E-state index in [0.29, 0.717) is 5.78 Å². The Bertz CT molecular complexity index is 551. The molecule has 0 unspecified atom stereocenters. The van der Waals surface area contributed by atoms with Crippen LogP contribution in [0.4, 0.5) is 0 Å². The lowest BCUT2D eigenvalue weighted by Crippen LogP contribution is -1.82. The van der Waals surface area contributed by atoms with Gasteiger partial charge in [-0.1, -0.05) is 24.3 Å². The van der Waals surface area contributed by atoms with E-state index in [0.717, 1.165) is 11.3 Å². The van der Waals surface area contributed by atoms with Gasteiger partial charge in [-0.3, -0.25) is 4.40 Å². The van der Waals surface area contributed by atoms with Crippen molar-refractivity contribution in [3.63, 3.8) is 0 Å². The fourth-order valence-corrected chi connectivity index (χ4v) is 1.51. The molecular formula is C12H8N3. The summed E-state index contributed by atoms with van der Waals surface area (Å²) in [6.45, 7) is 0. The Kier molecular flexibility index (Phi) is 1.75. The van der Waals surface area contributed by atoms with Crippen LogP contribution in [0.25, 0.3) is 17.0 Å². The number of imidazole rings is 1. The highest BCUT2D eigenvalue weighted by Gasteiger charge is 2.03. The molecule has 1 aromatic carbocycles. The van der Waals surface area contributed by atoms with Crippen molar-refractivity contribution in [2.24, 2.45) is 0 Å². The molecule has 1 radical (unpaired) electrons.